The summed E-state index contributed by atoms with van der Waals surface area (Å²) in [5.74, 6) is -0.302. The third-order valence-electron chi connectivity index (χ3n) is 3.28. The Balaban J connectivity index is 2.15. The Hall–Kier alpha value is -1.66. The van der Waals surface area contributed by atoms with E-state index < -0.39 is 5.66 Å². The predicted octanol–water partition coefficient (Wildman–Crippen LogP) is 1.51. The summed E-state index contributed by atoms with van der Waals surface area (Å²) in [7, 11) is 0. The molecule has 108 valence electrons. The van der Waals surface area contributed by atoms with Crippen LogP contribution in [0.4, 0.5) is 0 Å². The minimum atomic E-state index is -0.467. The van der Waals surface area contributed by atoms with E-state index in [-0.39, 0.29) is 12.5 Å². The van der Waals surface area contributed by atoms with Crippen LogP contribution in [0, 0.1) is 0 Å². The molecule has 5 nitrogen and oxygen atoms in total. The third kappa shape index (κ3) is 2.91. The SMILES string of the molecule is CCOC(=O)CN1N[C@@](CC)(c2ccccc2)NC1=S. The van der Waals surface area contributed by atoms with E-state index in [2.05, 4.69) is 17.7 Å². The molecule has 1 heterocycles. The van der Waals surface area contributed by atoms with Crippen LogP contribution in [-0.4, -0.2) is 29.2 Å². The summed E-state index contributed by atoms with van der Waals surface area (Å²) in [6, 6.07) is 9.98. The van der Waals surface area contributed by atoms with Gasteiger partial charge in [-0.15, -0.1) is 0 Å². The van der Waals surface area contributed by atoms with Gasteiger partial charge < -0.3 is 10.1 Å². The fourth-order valence-electron chi connectivity index (χ4n) is 2.24. The number of hydrogen-bond acceptors (Lipinski definition) is 4. The highest BCUT2D eigenvalue weighted by molar-refractivity contribution is 7.80. The number of carbonyl (C=O) groups excluding carboxylic acids is 1. The lowest BCUT2D eigenvalue weighted by Crippen LogP contribution is -2.48. The molecule has 0 aliphatic carbocycles. The van der Waals surface area contributed by atoms with Crippen molar-refractivity contribution in [1.29, 1.82) is 0 Å². The van der Waals surface area contributed by atoms with Crippen molar-refractivity contribution in [3.63, 3.8) is 0 Å². The van der Waals surface area contributed by atoms with Crippen molar-refractivity contribution in [3.05, 3.63) is 35.9 Å². The standard InChI is InChI=1S/C14H19N3O2S/c1-3-14(11-8-6-5-7-9-11)15-13(20)17(16-14)10-12(18)19-4-2/h5-9,16H,3-4,10H2,1-2H3,(H,15,20)/t14-/m0/s1. The fourth-order valence-corrected chi connectivity index (χ4v) is 2.52. The molecule has 2 N–H and O–H groups in total. The van der Waals surface area contributed by atoms with Crippen molar-refractivity contribution in [1.82, 2.24) is 15.8 Å². The monoisotopic (exact) mass is 293 g/mol. The van der Waals surface area contributed by atoms with Gasteiger partial charge in [0, 0.05) is 0 Å². The molecular formula is C14H19N3O2S. The van der Waals surface area contributed by atoms with Gasteiger partial charge in [0.05, 0.1) is 6.61 Å². The van der Waals surface area contributed by atoms with Gasteiger partial charge in [-0.2, -0.15) is 0 Å². The zero-order valence-electron chi connectivity index (χ0n) is 11.7. The second kappa shape index (κ2) is 6.19. The minimum absolute atomic E-state index is 0.0915. The molecule has 0 saturated carbocycles. The topological polar surface area (TPSA) is 53.6 Å². The number of hydrazine groups is 1. The summed E-state index contributed by atoms with van der Waals surface area (Å²) in [6.07, 6.45) is 0.788. The first-order valence-electron chi connectivity index (χ1n) is 6.70. The highest BCUT2D eigenvalue weighted by atomic mass is 32.1. The molecule has 0 bridgehead atoms. The van der Waals surface area contributed by atoms with E-state index in [1.807, 2.05) is 30.3 Å². The van der Waals surface area contributed by atoms with Gasteiger partial charge in [-0.25, -0.2) is 5.43 Å². The van der Waals surface area contributed by atoms with Crippen molar-refractivity contribution >= 4 is 23.3 Å². The molecule has 0 spiro atoms. The molecule has 1 saturated heterocycles. The molecule has 20 heavy (non-hydrogen) atoms. The van der Waals surface area contributed by atoms with E-state index in [9.17, 15) is 4.79 Å². The first kappa shape index (κ1) is 14.7. The molecule has 1 aliphatic rings. The lowest BCUT2D eigenvalue weighted by Gasteiger charge is -2.29. The summed E-state index contributed by atoms with van der Waals surface area (Å²) in [4.78, 5) is 11.6. The van der Waals surface area contributed by atoms with Crippen LogP contribution in [0.15, 0.2) is 30.3 Å². The van der Waals surface area contributed by atoms with Crippen molar-refractivity contribution in [2.75, 3.05) is 13.2 Å². The first-order chi connectivity index (χ1) is 9.61. The number of nitrogens with zero attached hydrogens (tertiary/aromatic N) is 1. The van der Waals surface area contributed by atoms with E-state index in [1.165, 1.54) is 0 Å². The van der Waals surface area contributed by atoms with E-state index >= 15 is 0 Å². The Kier molecular flexibility index (Phi) is 4.57. The van der Waals surface area contributed by atoms with E-state index in [0.29, 0.717) is 11.7 Å². The zero-order chi connectivity index (χ0) is 14.6. The van der Waals surface area contributed by atoms with Gasteiger partial charge in [0.1, 0.15) is 12.2 Å². The number of esters is 1. The van der Waals surface area contributed by atoms with E-state index in [4.69, 9.17) is 17.0 Å². The van der Waals surface area contributed by atoms with Gasteiger partial charge in [-0.3, -0.25) is 9.80 Å². The van der Waals surface area contributed by atoms with Crippen LogP contribution in [-0.2, 0) is 15.2 Å². The molecule has 1 atom stereocenters. The van der Waals surface area contributed by atoms with Crippen LogP contribution in [0.5, 0.6) is 0 Å². The average Bonchev–Trinajstić information content (AvgIpc) is 2.78. The lowest BCUT2D eigenvalue weighted by molar-refractivity contribution is -0.144. The largest absolute Gasteiger partial charge is 0.465 e. The zero-order valence-corrected chi connectivity index (χ0v) is 12.5. The molecule has 1 aromatic carbocycles. The third-order valence-corrected chi connectivity index (χ3v) is 3.60. The van der Waals surface area contributed by atoms with Crippen LogP contribution in [0.2, 0.25) is 0 Å². The lowest BCUT2D eigenvalue weighted by atomic mass is 9.98. The molecule has 0 amide bonds. The van der Waals surface area contributed by atoms with Crippen molar-refractivity contribution in [2.24, 2.45) is 0 Å². The normalized spacial score (nSPS) is 21.7. The summed E-state index contributed by atoms with van der Waals surface area (Å²) in [5.41, 5.74) is 3.90. The van der Waals surface area contributed by atoms with Crippen LogP contribution < -0.4 is 10.7 Å². The average molecular weight is 293 g/mol. The second-order valence-electron chi connectivity index (χ2n) is 4.56. The Morgan fingerprint density at radius 1 is 1.35 bits per heavy atom. The maximum absolute atomic E-state index is 11.6. The molecule has 0 aromatic heterocycles. The highest BCUT2D eigenvalue weighted by Gasteiger charge is 2.40. The van der Waals surface area contributed by atoms with Gasteiger partial charge in [-0.1, -0.05) is 37.3 Å². The summed E-state index contributed by atoms with van der Waals surface area (Å²) in [6.45, 7) is 4.30. The minimum Gasteiger partial charge on any atom is -0.465 e. The Morgan fingerprint density at radius 3 is 2.65 bits per heavy atom. The smallest absolute Gasteiger partial charge is 0.327 e. The van der Waals surface area contributed by atoms with Crippen molar-refractivity contribution < 1.29 is 9.53 Å². The highest BCUT2D eigenvalue weighted by Crippen LogP contribution is 2.26. The van der Waals surface area contributed by atoms with E-state index in [1.54, 1.807) is 11.9 Å². The van der Waals surface area contributed by atoms with Crippen LogP contribution in [0.25, 0.3) is 0 Å². The number of thiocarbonyl (C=S) groups is 1. The first-order valence-corrected chi connectivity index (χ1v) is 7.10. The number of benzene rings is 1. The molecule has 1 aromatic rings. The number of carbonyl (C=O) groups is 1. The maximum Gasteiger partial charge on any atom is 0.327 e. The number of ether oxygens (including phenoxy) is 1. The van der Waals surface area contributed by atoms with Gasteiger partial charge in [0.2, 0.25) is 0 Å². The van der Waals surface area contributed by atoms with Gasteiger partial charge in [-0.05, 0) is 31.1 Å². The summed E-state index contributed by atoms with van der Waals surface area (Å²) >= 11 is 5.30. The second-order valence-corrected chi connectivity index (χ2v) is 4.94. The van der Waals surface area contributed by atoms with Crippen LogP contribution >= 0.6 is 12.2 Å². The van der Waals surface area contributed by atoms with Crippen LogP contribution in [0.3, 0.4) is 0 Å². The predicted molar refractivity (Wildman–Crippen MR) is 80.6 cm³/mol. The molecule has 6 heteroatoms. The summed E-state index contributed by atoms with van der Waals surface area (Å²) < 4.78 is 4.95. The quantitative estimate of drug-likeness (QED) is 0.634. The van der Waals surface area contributed by atoms with Gasteiger partial charge >= 0.3 is 5.97 Å². The fraction of sp³-hybridized carbons (Fsp3) is 0.429. The Labute approximate surface area is 124 Å². The molecular weight excluding hydrogens is 274 g/mol. The number of hydrogen-bond donors (Lipinski definition) is 2. The Morgan fingerprint density at radius 2 is 2.05 bits per heavy atom. The molecule has 0 radical (unpaired) electrons. The van der Waals surface area contributed by atoms with Gasteiger partial charge in [0.15, 0.2) is 5.11 Å². The van der Waals surface area contributed by atoms with Crippen molar-refractivity contribution in [3.8, 4) is 0 Å². The summed E-state index contributed by atoms with van der Waals surface area (Å²) in [5, 5.41) is 5.40. The van der Waals surface area contributed by atoms with Crippen molar-refractivity contribution in [2.45, 2.75) is 25.9 Å². The Bertz CT molecular complexity index is 494. The maximum atomic E-state index is 11.6. The molecule has 2 rings (SSSR count). The number of rotatable bonds is 5. The molecule has 0 unspecified atom stereocenters. The molecule has 1 fully saturated rings. The molecule has 1 aliphatic heterocycles. The van der Waals surface area contributed by atoms with E-state index in [0.717, 1.165) is 12.0 Å². The number of nitrogens with one attached hydrogen (secondary N) is 2. The van der Waals surface area contributed by atoms with Gasteiger partial charge in [0.25, 0.3) is 0 Å². The van der Waals surface area contributed by atoms with Crippen LogP contribution in [0.1, 0.15) is 25.8 Å².